The van der Waals surface area contributed by atoms with Crippen LogP contribution in [0.4, 0.5) is 5.69 Å². The van der Waals surface area contributed by atoms with E-state index in [0.29, 0.717) is 17.9 Å². The van der Waals surface area contributed by atoms with Crippen molar-refractivity contribution in [3.63, 3.8) is 0 Å². The summed E-state index contributed by atoms with van der Waals surface area (Å²) in [4.78, 5) is 16.2. The van der Waals surface area contributed by atoms with Crippen LogP contribution in [0.3, 0.4) is 0 Å². The molecule has 0 bridgehead atoms. The summed E-state index contributed by atoms with van der Waals surface area (Å²) < 4.78 is 1.75. The van der Waals surface area contributed by atoms with Crippen molar-refractivity contribution in [2.45, 2.75) is 6.54 Å². The SMILES string of the molecule is NCc1nc(C(=O)Nc2ccc(-n3cccn3)cc2)cs1. The molecular formula is C14H13N5OS. The van der Waals surface area contributed by atoms with E-state index in [4.69, 9.17) is 5.73 Å². The molecule has 3 rings (SSSR count). The Labute approximate surface area is 125 Å². The highest BCUT2D eigenvalue weighted by Gasteiger charge is 2.10. The normalized spacial score (nSPS) is 10.5. The molecule has 0 aliphatic carbocycles. The molecule has 1 amide bonds. The molecule has 0 aliphatic rings. The molecule has 21 heavy (non-hydrogen) atoms. The minimum Gasteiger partial charge on any atom is -0.325 e. The van der Waals surface area contributed by atoms with Crippen molar-refractivity contribution >= 4 is 22.9 Å². The summed E-state index contributed by atoms with van der Waals surface area (Å²) in [5.74, 6) is -0.238. The first-order valence-electron chi connectivity index (χ1n) is 6.32. The second-order valence-corrected chi connectivity index (χ2v) is 5.22. The minimum absolute atomic E-state index is 0.238. The van der Waals surface area contributed by atoms with Gasteiger partial charge in [0.05, 0.1) is 5.69 Å². The number of benzene rings is 1. The number of carbonyl (C=O) groups excluding carboxylic acids is 1. The van der Waals surface area contributed by atoms with Gasteiger partial charge in [-0.2, -0.15) is 5.10 Å². The Kier molecular flexibility index (Phi) is 3.76. The molecule has 3 aromatic rings. The largest absolute Gasteiger partial charge is 0.325 e. The van der Waals surface area contributed by atoms with Crippen LogP contribution in [-0.4, -0.2) is 20.7 Å². The van der Waals surface area contributed by atoms with Crippen LogP contribution in [0.1, 0.15) is 15.5 Å². The van der Waals surface area contributed by atoms with E-state index < -0.39 is 0 Å². The van der Waals surface area contributed by atoms with E-state index in [1.165, 1.54) is 11.3 Å². The summed E-state index contributed by atoms with van der Waals surface area (Å²) in [6, 6.07) is 9.27. The van der Waals surface area contributed by atoms with Crippen molar-refractivity contribution in [2.24, 2.45) is 5.73 Å². The van der Waals surface area contributed by atoms with Gasteiger partial charge in [-0.3, -0.25) is 4.79 Å². The van der Waals surface area contributed by atoms with Gasteiger partial charge in [0, 0.05) is 30.0 Å². The van der Waals surface area contributed by atoms with E-state index >= 15 is 0 Å². The number of nitrogens with zero attached hydrogens (tertiary/aromatic N) is 3. The molecule has 0 aliphatic heterocycles. The number of nitrogens with two attached hydrogens (primary N) is 1. The first-order valence-corrected chi connectivity index (χ1v) is 7.20. The van der Waals surface area contributed by atoms with Gasteiger partial charge in [-0.1, -0.05) is 0 Å². The van der Waals surface area contributed by atoms with Crippen molar-refractivity contribution in [2.75, 3.05) is 5.32 Å². The predicted octanol–water partition coefficient (Wildman–Crippen LogP) is 2.04. The third-order valence-electron chi connectivity index (χ3n) is 2.85. The molecule has 0 saturated carbocycles. The second kappa shape index (κ2) is 5.86. The molecule has 0 saturated heterocycles. The van der Waals surface area contributed by atoms with Crippen LogP contribution >= 0.6 is 11.3 Å². The lowest BCUT2D eigenvalue weighted by atomic mass is 10.2. The van der Waals surface area contributed by atoms with Crippen LogP contribution in [-0.2, 0) is 6.54 Å². The molecule has 0 atom stereocenters. The fourth-order valence-corrected chi connectivity index (χ4v) is 2.48. The standard InChI is InChI=1S/C14H13N5OS/c15-8-13-18-12(9-21-13)14(20)17-10-2-4-11(5-3-10)19-7-1-6-16-19/h1-7,9H,8,15H2,(H,17,20). The van der Waals surface area contributed by atoms with Crippen LogP contribution in [0, 0.1) is 0 Å². The van der Waals surface area contributed by atoms with Crippen molar-refractivity contribution in [1.29, 1.82) is 0 Å². The average Bonchev–Trinajstić information content (AvgIpc) is 3.19. The Morgan fingerprint density at radius 3 is 2.76 bits per heavy atom. The van der Waals surface area contributed by atoms with Gasteiger partial charge in [-0.25, -0.2) is 9.67 Å². The quantitative estimate of drug-likeness (QED) is 0.772. The fraction of sp³-hybridized carbons (Fsp3) is 0.0714. The maximum Gasteiger partial charge on any atom is 0.275 e. The van der Waals surface area contributed by atoms with Crippen LogP contribution in [0.5, 0.6) is 0 Å². The number of rotatable bonds is 4. The zero-order valence-corrected chi connectivity index (χ0v) is 11.9. The van der Waals surface area contributed by atoms with E-state index in [9.17, 15) is 4.79 Å². The number of aromatic nitrogens is 3. The Hall–Kier alpha value is -2.51. The lowest BCUT2D eigenvalue weighted by Gasteiger charge is -2.05. The highest BCUT2D eigenvalue weighted by molar-refractivity contribution is 7.09. The lowest BCUT2D eigenvalue weighted by molar-refractivity contribution is 0.102. The lowest BCUT2D eigenvalue weighted by Crippen LogP contribution is -2.12. The number of hydrogen-bond donors (Lipinski definition) is 2. The van der Waals surface area contributed by atoms with Gasteiger partial charge in [-0.15, -0.1) is 11.3 Å². The third-order valence-corrected chi connectivity index (χ3v) is 3.72. The number of anilines is 1. The second-order valence-electron chi connectivity index (χ2n) is 4.28. The summed E-state index contributed by atoms with van der Waals surface area (Å²) in [7, 11) is 0. The molecule has 6 nitrogen and oxygen atoms in total. The number of nitrogens with one attached hydrogen (secondary N) is 1. The Bertz CT molecular complexity index is 733. The smallest absolute Gasteiger partial charge is 0.275 e. The van der Waals surface area contributed by atoms with Crippen molar-refractivity contribution in [1.82, 2.24) is 14.8 Å². The zero-order valence-electron chi connectivity index (χ0n) is 11.1. The monoisotopic (exact) mass is 299 g/mol. The predicted molar refractivity (Wildman–Crippen MR) is 81.5 cm³/mol. The fourth-order valence-electron chi connectivity index (χ4n) is 1.82. The Morgan fingerprint density at radius 1 is 1.33 bits per heavy atom. The maximum absolute atomic E-state index is 12.0. The Morgan fingerprint density at radius 2 is 2.14 bits per heavy atom. The van der Waals surface area contributed by atoms with Crippen molar-refractivity contribution < 1.29 is 4.79 Å². The molecule has 1 aromatic carbocycles. The molecule has 2 heterocycles. The number of hydrogen-bond acceptors (Lipinski definition) is 5. The highest BCUT2D eigenvalue weighted by Crippen LogP contribution is 2.15. The van der Waals surface area contributed by atoms with E-state index in [-0.39, 0.29) is 5.91 Å². The van der Waals surface area contributed by atoms with Gasteiger partial charge in [-0.05, 0) is 30.3 Å². The molecule has 7 heteroatoms. The third kappa shape index (κ3) is 2.99. The number of thiazole rings is 1. The Balaban J connectivity index is 1.71. The van der Waals surface area contributed by atoms with E-state index in [0.717, 1.165) is 10.7 Å². The molecule has 0 fully saturated rings. The summed E-state index contributed by atoms with van der Waals surface area (Å²) in [5.41, 5.74) is 7.51. The number of carbonyl (C=O) groups is 1. The summed E-state index contributed by atoms with van der Waals surface area (Å²) in [5, 5.41) is 9.40. The highest BCUT2D eigenvalue weighted by atomic mass is 32.1. The molecule has 0 unspecified atom stereocenters. The van der Waals surface area contributed by atoms with Crippen LogP contribution in [0.2, 0.25) is 0 Å². The van der Waals surface area contributed by atoms with Gasteiger partial charge in [0.15, 0.2) is 0 Å². The minimum atomic E-state index is -0.238. The first-order chi connectivity index (χ1) is 10.3. The van der Waals surface area contributed by atoms with Crippen LogP contribution in [0.15, 0.2) is 48.1 Å². The van der Waals surface area contributed by atoms with E-state index in [1.54, 1.807) is 16.3 Å². The van der Waals surface area contributed by atoms with Gasteiger partial charge < -0.3 is 11.1 Å². The molecular weight excluding hydrogens is 286 g/mol. The van der Waals surface area contributed by atoms with Gasteiger partial charge in [0.2, 0.25) is 0 Å². The van der Waals surface area contributed by atoms with E-state index in [2.05, 4.69) is 15.4 Å². The van der Waals surface area contributed by atoms with Gasteiger partial charge >= 0.3 is 0 Å². The van der Waals surface area contributed by atoms with Crippen molar-refractivity contribution in [3.05, 3.63) is 58.8 Å². The summed E-state index contributed by atoms with van der Waals surface area (Å²) in [6.45, 7) is 0.344. The molecule has 2 aromatic heterocycles. The van der Waals surface area contributed by atoms with E-state index in [1.807, 2.05) is 36.5 Å². The maximum atomic E-state index is 12.0. The van der Waals surface area contributed by atoms with Gasteiger partial charge in [0.1, 0.15) is 10.7 Å². The van der Waals surface area contributed by atoms with Crippen LogP contribution < -0.4 is 11.1 Å². The van der Waals surface area contributed by atoms with Gasteiger partial charge in [0.25, 0.3) is 5.91 Å². The zero-order chi connectivity index (χ0) is 14.7. The van der Waals surface area contributed by atoms with Crippen molar-refractivity contribution in [3.8, 4) is 5.69 Å². The summed E-state index contributed by atoms with van der Waals surface area (Å²) >= 11 is 1.38. The molecule has 0 spiro atoms. The molecule has 3 N–H and O–H groups in total. The summed E-state index contributed by atoms with van der Waals surface area (Å²) in [6.07, 6.45) is 3.57. The number of amides is 1. The molecule has 0 radical (unpaired) electrons. The topological polar surface area (TPSA) is 85.8 Å². The average molecular weight is 299 g/mol. The first kappa shape index (κ1) is 13.5. The van der Waals surface area contributed by atoms with Crippen LogP contribution in [0.25, 0.3) is 5.69 Å². The molecule has 106 valence electrons.